The van der Waals surface area contributed by atoms with Gasteiger partial charge in [-0.1, -0.05) is 39.0 Å². The number of anilines is 1. The van der Waals surface area contributed by atoms with Gasteiger partial charge in [-0.05, 0) is 47.4 Å². The molecule has 2 amide bonds. The highest BCUT2D eigenvalue weighted by Crippen LogP contribution is 2.23. The molecule has 0 radical (unpaired) electrons. The average molecular weight is 363 g/mol. The average Bonchev–Trinajstić information content (AvgIpc) is 2.65. The second kappa shape index (κ2) is 8.08. The molecule has 0 spiro atoms. The Kier molecular flexibility index (Phi) is 5.60. The fourth-order valence-electron chi connectivity index (χ4n) is 2.71. The lowest BCUT2D eigenvalue weighted by Crippen LogP contribution is -2.32. The summed E-state index contributed by atoms with van der Waals surface area (Å²) in [5.41, 5.74) is 3.02. The van der Waals surface area contributed by atoms with Crippen molar-refractivity contribution in [2.24, 2.45) is 0 Å². The van der Waals surface area contributed by atoms with Crippen LogP contribution in [0.15, 0.2) is 60.8 Å². The molecule has 0 unspecified atom stereocenters. The second-order valence-corrected chi connectivity index (χ2v) is 7.41. The first-order chi connectivity index (χ1) is 12.9. The molecule has 0 saturated carbocycles. The van der Waals surface area contributed by atoms with Gasteiger partial charge in [0.15, 0.2) is 0 Å². The van der Waals surface area contributed by atoms with Crippen molar-refractivity contribution >= 4 is 22.6 Å². The van der Waals surface area contributed by atoms with Gasteiger partial charge in [-0.2, -0.15) is 0 Å². The Hall–Kier alpha value is -3.08. The number of nitrogens with one attached hydrogen (secondary N) is 2. The van der Waals surface area contributed by atoms with Gasteiger partial charge in [-0.3, -0.25) is 4.98 Å². The highest BCUT2D eigenvalue weighted by Gasteiger charge is 2.13. The molecule has 2 N–H and O–H groups in total. The van der Waals surface area contributed by atoms with Crippen LogP contribution >= 0.6 is 0 Å². The maximum absolute atomic E-state index is 12.0. The molecule has 3 aromatic rings. The maximum Gasteiger partial charge on any atom is 0.319 e. The van der Waals surface area contributed by atoms with Crippen LogP contribution in [0.1, 0.15) is 26.3 Å². The summed E-state index contributed by atoms with van der Waals surface area (Å²) in [4.78, 5) is 16.3. The minimum Gasteiger partial charge on any atom is -0.492 e. The molecule has 0 atom stereocenters. The lowest BCUT2D eigenvalue weighted by atomic mass is 9.87. The van der Waals surface area contributed by atoms with Crippen LogP contribution in [0.4, 0.5) is 10.5 Å². The van der Waals surface area contributed by atoms with E-state index in [1.807, 2.05) is 54.6 Å². The number of amides is 2. The molecule has 0 aliphatic rings. The van der Waals surface area contributed by atoms with E-state index in [-0.39, 0.29) is 11.4 Å². The summed E-state index contributed by atoms with van der Waals surface area (Å²) >= 11 is 0. The van der Waals surface area contributed by atoms with E-state index in [1.54, 1.807) is 6.20 Å². The van der Waals surface area contributed by atoms with E-state index in [4.69, 9.17) is 4.74 Å². The van der Waals surface area contributed by atoms with Crippen molar-refractivity contribution in [3.63, 3.8) is 0 Å². The van der Waals surface area contributed by atoms with E-state index in [0.29, 0.717) is 13.2 Å². The summed E-state index contributed by atoms with van der Waals surface area (Å²) in [5.74, 6) is 0.760. The van der Waals surface area contributed by atoms with E-state index >= 15 is 0 Å². The normalized spacial score (nSPS) is 11.2. The number of benzene rings is 2. The molecular formula is C22H25N3O2. The van der Waals surface area contributed by atoms with Crippen LogP contribution in [0.2, 0.25) is 0 Å². The SMILES string of the molecule is CC(C)(C)c1ccc(NC(=O)NCCOc2ccc3ncccc3c2)cc1. The van der Waals surface area contributed by atoms with Crippen LogP contribution in [-0.2, 0) is 5.41 Å². The minimum absolute atomic E-state index is 0.0942. The Morgan fingerprint density at radius 1 is 1.07 bits per heavy atom. The Balaban J connectivity index is 1.44. The highest BCUT2D eigenvalue weighted by molar-refractivity contribution is 5.89. The number of pyridine rings is 1. The van der Waals surface area contributed by atoms with Crippen molar-refractivity contribution in [1.82, 2.24) is 10.3 Å². The number of rotatable bonds is 5. The van der Waals surface area contributed by atoms with E-state index in [0.717, 1.165) is 22.3 Å². The number of carbonyl (C=O) groups is 1. The van der Waals surface area contributed by atoms with E-state index < -0.39 is 0 Å². The van der Waals surface area contributed by atoms with Crippen molar-refractivity contribution in [2.75, 3.05) is 18.5 Å². The fraction of sp³-hybridized carbons (Fsp3) is 0.273. The van der Waals surface area contributed by atoms with Gasteiger partial charge in [-0.15, -0.1) is 0 Å². The van der Waals surface area contributed by atoms with Gasteiger partial charge in [0.1, 0.15) is 12.4 Å². The van der Waals surface area contributed by atoms with Gasteiger partial charge < -0.3 is 15.4 Å². The topological polar surface area (TPSA) is 63.2 Å². The number of nitrogens with zero attached hydrogens (tertiary/aromatic N) is 1. The quantitative estimate of drug-likeness (QED) is 0.644. The van der Waals surface area contributed by atoms with Crippen molar-refractivity contribution in [1.29, 1.82) is 0 Å². The van der Waals surface area contributed by atoms with Gasteiger partial charge in [0.2, 0.25) is 0 Å². The number of aromatic nitrogens is 1. The first-order valence-corrected chi connectivity index (χ1v) is 9.05. The van der Waals surface area contributed by atoms with Crippen molar-refractivity contribution in [2.45, 2.75) is 26.2 Å². The third kappa shape index (κ3) is 5.20. The third-order valence-corrected chi connectivity index (χ3v) is 4.24. The molecule has 140 valence electrons. The Bertz CT molecular complexity index is 915. The summed E-state index contributed by atoms with van der Waals surface area (Å²) in [7, 11) is 0. The standard InChI is InChI=1S/C22H25N3O2/c1-22(2,3)17-6-8-18(9-7-17)25-21(26)24-13-14-27-19-10-11-20-16(15-19)5-4-12-23-20/h4-12,15H,13-14H2,1-3H3,(H2,24,25,26). The van der Waals surface area contributed by atoms with Crippen LogP contribution in [0.25, 0.3) is 10.9 Å². The second-order valence-electron chi connectivity index (χ2n) is 7.41. The molecule has 27 heavy (non-hydrogen) atoms. The molecule has 3 rings (SSSR count). The lowest BCUT2D eigenvalue weighted by Gasteiger charge is -2.19. The first-order valence-electron chi connectivity index (χ1n) is 9.05. The predicted octanol–water partition coefficient (Wildman–Crippen LogP) is 4.73. The van der Waals surface area contributed by atoms with Gasteiger partial charge in [0.25, 0.3) is 0 Å². The van der Waals surface area contributed by atoms with Gasteiger partial charge in [0.05, 0.1) is 12.1 Å². The predicted molar refractivity (Wildman–Crippen MR) is 109 cm³/mol. The number of hydrogen-bond acceptors (Lipinski definition) is 3. The summed E-state index contributed by atoms with van der Waals surface area (Å²) in [5, 5.41) is 6.65. The molecule has 0 aliphatic carbocycles. The lowest BCUT2D eigenvalue weighted by molar-refractivity contribution is 0.247. The summed E-state index contributed by atoms with van der Waals surface area (Å²) in [6.07, 6.45) is 1.77. The zero-order valence-electron chi connectivity index (χ0n) is 16.0. The van der Waals surface area contributed by atoms with Gasteiger partial charge >= 0.3 is 6.03 Å². The van der Waals surface area contributed by atoms with Crippen LogP contribution in [0, 0.1) is 0 Å². The molecule has 5 nitrogen and oxygen atoms in total. The molecule has 1 heterocycles. The summed E-state index contributed by atoms with van der Waals surface area (Å²) in [6.45, 7) is 7.29. The molecule has 0 saturated heterocycles. The molecule has 5 heteroatoms. The molecule has 0 fully saturated rings. The fourth-order valence-corrected chi connectivity index (χ4v) is 2.71. The summed E-state index contributed by atoms with van der Waals surface area (Å²) in [6, 6.07) is 17.3. The van der Waals surface area contributed by atoms with Gasteiger partial charge in [0, 0.05) is 17.3 Å². The first kappa shape index (κ1) is 18.7. The van der Waals surface area contributed by atoms with Crippen LogP contribution in [0.5, 0.6) is 5.75 Å². The maximum atomic E-state index is 12.0. The number of carbonyl (C=O) groups excluding carboxylic acids is 1. The number of fused-ring (bicyclic) bond motifs is 1. The number of urea groups is 1. The molecule has 0 bridgehead atoms. The van der Waals surface area contributed by atoms with Crippen molar-refractivity contribution in [3.05, 3.63) is 66.4 Å². The smallest absolute Gasteiger partial charge is 0.319 e. The van der Waals surface area contributed by atoms with E-state index in [1.165, 1.54) is 5.56 Å². The largest absolute Gasteiger partial charge is 0.492 e. The van der Waals surface area contributed by atoms with Crippen molar-refractivity contribution in [3.8, 4) is 5.75 Å². The Morgan fingerprint density at radius 2 is 1.85 bits per heavy atom. The monoisotopic (exact) mass is 363 g/mol. The molecule has 0 aliphatic heterocycles. The van der Waals surface area contributed by atoms with E-state index in [9.17, 15) is 4.79 Å². The van der Waals surface area contributed by atoms with Gasteiger partial charge in [-0.25, -0.2) is 4.79 Å². The van der Waals surface area contributed by atoms with Crippen LogP contribution in [0.3, 0.4) is 0 Å². The zero-order chi connectivity index (χ0) is 19.3. The van der Waals surface area contributed by atoms with Crippen LogP contribution < -0.4 is 15.4 Å². The van der Waals surface area contributed by atoms with E-state index in [2.05, 4.69) is 36.4 Å². The Labute approximate surface area is 159 Å². The van der Waals surface area contributed by atoms with Crippen LogP contribution in [-0.4, -0.2) is 24.2 Å². The highest BCUT2D eigenvalue weighted by atomic mass is 16.5. The Morgan fingerprint density at radius 3 is 2.59 bits per heavy atom. The molecule has 1 aromatic heterocycles. The number of hydrogen-bond donors (Lipinski definition) is 2. The molecular weight excluding hydrogens is 338 g/mol. The minimum atomic E-state index is -0.246. The summed E-state index contributed by atoms with van der Waals surface area (Å²) < 4.78 is 5.70. The molecule has 2 aromatic carbocycles. The zero-order valence-corrected chi connectivity index (χ0v) is 16.0. The third-order valence-electron chi connectivity index (χ3n) is 4.24. The number of ether oxygens (including phenoxy) is 1. The van der Waals surface area contributed by atoms with Crippen molar-refractivity contribution < 1.29 is 9.53 Å².